The fourth-order valence-corrected chi connectivity index (χ4v) is 2.68. The summed E-state index contributed by atoms with van der Waals surface area (Å²) < 4.78 is 39.3. The van der Waals surface area contributed by atoms with Gasteiger partial charge >= 0.3 is 6.18 Å². The molecule has 0 unspecified atom stereocenters. The molecule has 0 bridgehead atoms. The second-order valence-electron chi connectivity index (χ2n) is 5.34. The Morgan fingerprint density at radius 1 is 1.19 bits per heavy atom. The standard InChI is InChI=1S/C16H10Cl2F3N5O/c17-12-4-10(26-8-22-7-25-26)1-2-11(12)15(27)24-6-14-13(18)3-9(5-23-14)16(19,20)21/h1-5,7-8H,6H2,(H,24,27). The maximum atomic E-state index is 12.6. The van der Waals surface area contributed by atoms with Crippen molar-refractivity contribution in [2.75, 3.05) is 0 Å². The molecule has 0 aliphatic rings. The van der Waals surface area contributed by atoms with Gasteiger partial charge in [0.2, 0.25) is 0 Å². The first-order valence-electron chi connectivity index (χ1n) is 7.40. The van der Waals surface area contributed by atoms with E-state index in [0.29, 0.717) is 11.9 Å². The molecular formula is C16H10Cl2F3N5O. The van der Waals surface area contributed by atoms with Gasteiger partial charge in [0.15, 0.2) is 0 Å². The molecule has 3 rings (SSSR count). The molecule has 1 aromatic carbocycles. The lowest BCUT2D eigenvalue weighted by Crippen LogP contribution is -2.24. The average molecular weight is 416 g/mol. The number of hydrogen-bond acceptors (Lipinski definition) is 4. The number of pyridine rings is 1. The van der Waals surface area contributed by atoms with Crippen LogP contribution in [0.15, 0.2) is 43.1 Å². The Hall–Kier alpha value is -2.65. The molecule has 1 N–H and O–H groups in total. The number of nitrogens with zero attached hydrogens (tertiary/aromatic N) is 4. The van der Waals surface area contributed by atoms with Crippen LogP contribution in [0.5, 0.6) is 0 Å². The van der Waals surface area contributed by atoms with Crippen LogP contribution in [0.2, 0.25) is 10.0 Å². The fourth-order valence-electron chi connectivity index (χ4n) is 2.18. The molecule has 0 atom stereocenters. The van der Waals surface area contributed by atoms with Crippen LogP contribution >= 0.6 is 23.2 Å². The molecule has 0 spiro atoms. The highest BCUT2D eigenvalue weighted by atomic mass is 35.5. The molecule has 2 aromatic heterocycles. The minimum atomic E-state index is -4.54. The molecular weight excluding hydrogens is 406 g/mol. The second-order valence-corrected chi connectivity index (χ2v) is 6.15. The van der Waals surface area contributed by atoms with Gasteiger partial charge in [-0.1, -0.05) is 23.2 Å². The topological polar surface area (TPSA) is 72.7 Å². The van der Waals surface area contributed by atoms with Gasteiger partial charge in [0.25, 0.3) is 5.91 Å². The van der Waals surface area contributed by atoms with Crippen LogP contribution in [0.25, 0.3) is 5.69 Å². The second kappa shape index (κ2) is 7.53. The van der Waals surface area contributed by atoms with Crippen LogP contribution in [0, 0.1) is 0 Å². The van der Waals surface area contributed by atoms with Crippen LogP contribution in [-0.4, -0.2) is 25.7 Å². The molecule has 0 saturated carbocycles. The van der Waals surface area contributed by atoms with Gasteiger partial charge in [-0.2, -0.15) is 18.3 Å². The zero-order valence-corrected chi connectivity index (χ0v) is 14.8. The Kier molecular flexibility index (Phi) is 5.33. The third kappa shape index (κ3) is 4.37. The Morgan fingerprint density at radius 3 is 2.56 bits per heavy atom. The van der Waals surface area contributed by atoms with Gasteiger partial charge in [0.1, 0.15) is 12.7 Å². The maximum absolute atomic E-state index is 12.6. The normalized spacial score (nSPS) is 11.4. The van der Waals surface area contributed by atoms with Gasteiger partial charge in [-0.15, -0.1) is 0 Å². The number of rotatable bonds is 4. The van der Waals surface area contributed by atoms with Gasteiger partial charge in [0.05, 0.1) is 39.1 Å². The van der Waals surface area contributed by atoms with Crippen LogP contribution in [0.1, 0.15) is 21.6 Å². The summed E-state index contributed by atoms with van der Waals surface area (Å²) in [6.07, 6.45) is -1.05. The predicted octanol–water partition coefficient (Wildman–Crippen LogP) is 3.92. The summed E-state index contributed by atoms with van der Waals surface area (Å²) in [7, 11) is 0. The van der Waals surface area contributed by atoms with Crippen molar-refractivity contribution < 1.29 is 18.0 Å². The van der Waals surface area contributed by atoms with Crippen LogP contribution in [0.3, 0.4) is 0 Å². The number of benzene rings is 1. The van der Waals surface area contributed by atoms with E-state index in [1.165, 1.54) is 29.5 Å². The van der Waals surface area contributed by atoms with Crippen molar-refractivity contribution in [1.82, 2.24) is 25.1 Å². The summed E-state index contributed by atoms with van der Waals surface area (Å²) >= 11 is 12.0. The number of carbonyl (C=O) groups is 1. The number of aromatic nitrogens is 4. The van der Waals surface area contributed by atoms with Gasteiger partial charge in [0, 0.05) is 6.20 Å². The number of nitrogens with one attached hydrogen (secondary N) is 1. The number of alkyl halides is 3. The van der Waals surface area contributed by atoms with Crippen molar-refractivity contribution in [2.24, 2.45) is 0 Å². The lowest BCUT2D eigenvalue weighted by atomic mass is 10.2. The molecule has 1 amide bonds. The lowest BCUT2D eigenvalue weighted by Gasteiger charge is -2.11. The lowest BCUT2D eigenvalue weighted by molar-refractivity contribution is -0.137. The Labute approximate surface area is 161 Å². The van der Waals surface area contributed by atoms with E-state index in [4.69, 9.17) is 23.2 Å². The Bertz CT molecular complexity index is 977. The van der Waals surface area contributed by atoms with Gasteiger partial charge in [-0.25, -0.2) is 9.67 Å². The molecule has 0 saturated heterocycles. The molecule has 0 radical (unpaired) electrons. The average Bonchev–Trinajstić information content (AvgIpc) is 3.14. The van der Waals surface area contributed by atoms with Crippen molar-refractivity contribution in [2.45, 2.75) is 12.7 Å². The molecule has 0 fully saturated rings. The molecule has 0 aliphatic heterocycles. The highest BCUT2D eigenvalue weighted by Crippen LogP contribution is 2.31. The van der Waals surface area contributed by atoms with E-state index >= 15 is 0 Å². The van der Waals surface area contributed by atoms with E-state index in [1.807, 2.05) is 0 Å². The highest BCUT2D eigenvalue weighted by Gasteiger charge is 2.31. The summed E-state index contributed by atoms with van der Waals surface area (Å²) in [6.45, 7) is -0.156. The van der Waals surface area contributed by atoms with Gasteiger partial charge in [-0.3, -0.25) is 9.78 Å². The predicted molar refractivity (Wildman–Crippen MR) is 91.8 cm³/mol. The minimum absolute atomic E-state index is 0.105. The zero-order valence-electron chi connectivity index (χ0n) is 13.3. The molecule has 11 heteroatoms. The van der Waals surface area contributed by atoms with Crippen molar-refractivity contribution in [1.29, 1.82) is 0 Å². The number of halogens is 5. The van der Waals surface area contributed by atoms with Crippen molar-refractivity contribution >= 4 is 29.1 Å². The molecule has 3 aromatic rings. The zero-order chi connectivity index (χ0) is 19.6. The monoisotopic (exact) mass is 415 g/mol. The number of carbonyl (C=O) groups excluding carboxylic acids is 1. The van der Waals surface area contributed by atoms with E-state index in [0.717, 1.165) is 6.07 Å². The summed E-state index contributed by atoms with van der Waals surface area (Å²) in [5.74, 6) is -0.525. The quantitative estimate of drug-likeness (QED) is 0.700. The van der Waals surface area contributed by atoms with Crippen molar-refractivity contribution in [3.8, 4) is 5.69 Å². The van der Waals surface area contributed by atoms with Crippen LogP contribution in [-0.2, 0) is 12.7 Å². The third-order valence-electron chi connectivity index (χ3n) is 3.54. The van der Waals surface area contributed by atoms with E-state index in [1.54, 1.807) is 6.07 Å². The molecule has 140 valence electrons. The summed E-state index contributed by atoms with van der Waals surface area (Å²) in [5.41, 5.74) is -0.0623. The van der Waals surface area contributed by atoms with Crippen molar-refractivity contribution in [3.05, 3.63) is 70.0 Å². The molecule has 6 nitrogen and oxygen atoms in total. The highest BCUT2D eigenvalue weighted by molar-refractivity contribution is 6.34. The molecule has 2 heterocycles. The Morgan fingerprint density at radius 2 is 1.96 bits per heavy atom. The largest absolute Gasteiger partial charge is 0.417 e. The van der Waals surface area contributed by atoms with Gasteiger partial charge < -0.3 is 5.32 Å². The Balaban J connectivity index is 1.71. The van der Waals surface area contributed by atoms with Crippen LogP contribution < -0.4 is 5.32 Å². The molecule has 27 heavy (non-hydrogen) atoms. The van der Waals surface area contributed by atoms with Crippen LogP contribution in [0.4, 0.5) is 13.2 Å². The maximum Gasteiger partial charge on any atom is 0.417 e. The first kappa shape index (κ1) is 19.1. The number of hydrogen-bond donors (Lipinski definition) is 1. The third-order valence-corrected chi connectivity index (χ3v) is 4.18. The van der Waals surface area contributed by atoms with Crippen molar-refractivity contribution in [3.63, 3.8) is 0 Å². The number of amides is 1. The van der Waals surface area contributed by atoms with E-state index in [9.17, 15) is 18.0 Å². The van der Waals surface area contributed by atoms with E-state index < -0.39 is 17.6 Å². The SMILES string of the molecule is O=C(NCc1ncc(C(F)(F)F)cc1Cl)c1ccc(-n2cncn2)cc1Cl. The van der Waals surface area contributed by atoms with Gasteiger partial charge in [-0.05, 0) is 24.3 Å². The molecule has 0 aliphatic carbocycles. The first-order valence-corrected chi connectivity index (χ1v) is 8.15. The summed E-state index contributed by atoms with van der Waals surface area (Å²) in [6, 6.07) is 5.42. The summed E-state index contributed by atoms with van der Waals surface area (Å²) in [4.78, 5) is 19.8. The smallest absolute Gasteiger partial charge is 0.346 e. The van der Waals surface area contributed by atoms with E-state index in [2.05, 4.69) is 20.4 Å². The van der Waals surface area contributed by atoms with E-state index in [-0.39, 0.29) is 27.8 Å². The fraction of sp³-hybridized carbons (Fsp3) is 0.125. The minimum Gasteiger partial charge on any atom is -0.346 e. The summed E-state index contributed by atoms with van der Waals surface area (Å²) in [5, 5.41) is 6.46. The first-order chi connectivity index (χ1) is 12.8.